The highest BCUT2D eigenvalue weighted by Crippen LogP contribution is 2.20. The second-order valence-electron chi connectivity index (χ2n) is 7.82. The average Bonchev–Trinajstić information content (AvgIpc) is 2.67. The first-order valence-corrected chi connectivity index (χ1v) is 10.2. The Kier molecular flexibility index (Phi) is 9.02. The highest BCUT2D eigenvalue weighted by Gasteiger charge is 2.16. The molecule has 0 aromatic heterocycles. The van der Waals surface area contributed by atoms with Crippen molar-refractivity contribution >= 4 is 5.91 Å². The SMILES string of the molecule is CCCC(C)COc1ccc(C(CN(C)C)NC(=O)Cc2ccccc2)cc1. The molecule has 4 nitrogen and oxygen atoms in total. The van der Waals surface area contributed by atoms with E-state index in [1.165, 1.54) is 12.8 Å². The van der Waals surface area contributed by atoms with Crippen molar-refractivity contribution in [3.05, 3.63) is 65.7 Å². The first kappa shape index (κ1) is 22.0. The molecule has 2 aromatic carbocycles. The molecule has 4 heteroatoms. The molecule has 0 spiro atoms. The van der Waals surface area contributed by atoms with E-state index in [0.717, 1.165) is 30.0 Å². The molecule has 0 bridgehead atoms. The van der Waals surface area contributed by atoms with Gasteiger partial charge in [-0.3, -0.25) is 4.79 Å². The summed E-state index contributed by atoms with van der Waals surface area (Å²) in [4.78, 5) is 14.6. The molecule has 0 aliphatic rings. The van der Waals surface area contributed by atoms with Crippen molar-refractivity contribution in [3.8, 4) is 5.75 Å². The molecule has 152 valence electrons. The van der Waals surface area contributed by atoms with Crippen LogP contribution in [0.3, 0.4) is 0 Å². The molecule has 2 aromatic rings. The maximum absolute atomic E-state index is 12.5. The Labute approximate surface area is 169 Å². The number of benzene rings is 2. The molecule has 0 heterocycles. The number of nitrogens with one attached hydrogen (secondary N) is 1. The lowest BCUT2D eigenvalue weighted by atomic mass is 10.0. The van der Waals surface area contributed by atoms with Crippen LogP contribution in [-0.2, 0) is 11.2 Å². The van der Waals surface area contributed by atoms with Crippen molar-refractivity contribution in [3.63, 3.8) is 0 Å². The zero-order chi connectivity index (χ0) is 20.4. The fraction of sp³-hybridized carbons (Fsp3) is 0.458. The predicted octanol–water partition coefficient (Wildman–Crippen LogP) is 4.46. The van der Waals surface area contributed by atoms with Gasteiger partial charge in [0.1, 0.15) is 5.75 Å². The van der Waals surface area contributed by atoms with Gasteiger partial charge in [0, 0.05) is 6.54 Å². The molecule has 2 unspecified atom stereocenters. The van der Waals surface area contributed by atoms with E-state index >= 15 is 0 Å². The number of ether oxygens (including phenoxy) is 1. The van der Waals surface area contributed by atoms with Crippen molar-refractivity contribution in [1.82, 2.24) is 10.2 Å². The van der Waals surface area contributed by atoms with Crippen LogP contribution in [0.2, 0.25) is 0 Å². The van der Waals surface area contributed by atoms with Crippen LogP contribution in [0.4, 0.5) is 0 Å². The standard InChI is InChI=1S/C24H34N2O2/c1-5-9-19(2)18-28-22-14-12-21(13-15-22)23(17-26(3)4)25-24(27)16-20-10-7-6-8-11-20/h6-8,10-15,19,23H,5,9,16-18H2,1-4H3,(H,25,27). The zero-order valence-corrected chi connectivity index (χ0v) is 17.7. The van der Waals surface area contributed by atoms with Gasteiger partial charge in [0.25, 0.3) is 0 Å². The van der Waals surface area contributed by atoms with E-state index in [9.17, 15) is 4.79 Å². The normalized spacial score (nSPS) is 13.2. The van der Waals surface area contributed by atoms with Gasteiger partial charge in [0.2, 0.25) is 5.91 Å². The molecule has 0 radical (unpaired) electrons. The second-order valence-corrected chi connectivity index (χ2v) is 7.82. The molecule has 1 N–H and O–H groups in total. The molecule has 2 atom stereocenters. The lowest BCUT2D eigenvalue weighted by molar-refractivity contribution is -0.121. The van der Waals surface area contributed by atoms with Crippen LogP contribution in [0.15, 0.2) is 54.6 Å². The number of amides is 1. The predicted molar refractivity (Wildman–Crippen MR) is 116 cm³/mol. The van der Waals surface area contributed by atoms with Crippen LogP contribution >= 0.6 is 0 Å². The molecule has 2 rings (SSSR count). The van der Waals surface area contributed by atoms with E-state index in [-0.39, 0.29) is 11.9 Å². The summed E-state index contributed by atoms with van der Waals surface area (Å²) in [5.41, 5.74) is 2.11. The molecule has 1 amide bonds. The maximum atomic E-state index is 12.5. The average molecular weight is 383 g/mol. The topological polar surface area (TPSA) is 41.6 Å². The Morgan fingerprint density at radius 2 is 1.75 bits per heavy atom. The van der Waals surface area contributed by atoms with Gasteiger partial charge in [-0.2, -0.15) is 0 Å². The number of nitrogens with zero attached hydrogens (tertiary/aromatic N) is 1. The van der Waals surface area contributed by atoms with Gasteiger partial charge >= 0.3 is 0 Å². The lowest BCUT2D eigenvalue weighted by Crippen LogP contribution is -2.36. The van der Waals surface area contributed by atoms with E-state index in [4.69, 9.17) is 4.74 Å². The molecule has 0 saturated heterocycles. The summed E-state index contributed by atoms with van der Waals surface area (Å²) in [5.74, 6) is 1.47. The van der Waals surface area contributed by atoms with Crippen molar-refractivity contribution in [1.29, 1.82) is 0 Å². The van der Waals surface area contributed by atoms with E-state index in [1.54, 1.807) is 0 Å². The minimum atomic E-state index is -0.0562. The first-order chi connectivity index (χ1) is 13.5. The fourth-order valence-corrected chi connectivity index (χ4v) is 3.24. The summed E-state index contributed by atoms with van der Waals surface area (Å²) in [5, 5.41) is 3.18. The van der Waals surface area contributed by atoms with Gasteiger partial charge in [-0.05, 0) is 49.7 Å². The Balaban J connectivity index is 1.98. The summed E-state index contributed by atoms with van der Waals surface area (Å²) < 4.78 is 5.90. The van der Waals surface area contributed by atoms with Crippen molar-refractivity contribution in [2.75, 3.05) is 27.2 Å². The number of likely N-dealkylation sites (N-methyl/N-ethyl adjacent to an activating group) is 1. The van der Waals surface area contributed by atoms with Gasteiger partial charge in [0.15, 0.2) is 0 Å². The van der Waals surface area contributed by atoms with Gasteiger partial charge < -0.3 is 15.0 Å². The Morgan fingerprint density at radius 1 is 1.07 bits per heavy atom. The number of rotatable bonds is 11. The number of hydrogen-bond acceptors (Lipinski definition) is 3. The van der Waals surface area contributed by atoms with Crippen molar-refractivity contribution < 1.29 is 9.53 Å². The van der Waals surface area contributed by atoms with Crippen LogP contribution in [0.5, 0.6) is 5.75 Å². The van der Waals surface area contributed by atoms with E-state index in [0.29, 0.717) is 12.3 Å². The number of carbonyl (C=O) groups excluding carboxylic acids is 1. The van der Waals surface area contributed by atoms with Crippen LogP contribution in [0.1, 0.15) is 43.9 Å². The highest BCUT2D eigenvalue weighted by atomic mass is 16.5. The molecular formula is C24H34N2O2. The third-order valence-corrected chi connectivity index (χ3v) is 4.69. The number of hydrogen-bond donors (Lipinski definition) is 1. The summed E-state index contributed by atoms with van der Waals surface area (Å²) >= 11 is 0. The first-order valence-electron chi connectivity index (χ1n) is 10.2. The second kappa shape index (κ2) is 11.5. The minimum Gasteiger partial charge on any atom is -0.493 e. The molecular weight excluding hydrogens is 348 g/mol. The molecule has 28 heavy (non-hydrogen) atoms. The summed E-state index contributed by atoms with van der Waals surface area (Å²) in [6.45, 7) is 5.89. The monoisotopic (exact) mass is 382 g/mol. The van der Waals surface area contributed by atoms with Crippen molar-refractivity contribution in [2.45, 2.75) is 39.2 Å². The minimum absolute atomic E-state index is 0.0340. The Morgan fingerprint density at radius 3 is 2.36 bits per heavy atom. The van der Waals surface area contributed by atoms with Crippen LogP contribution < -0.4 is 10.1 Å². The summed E-state index contributed by atoms with van der Waals surface area (Å²) in [6, 6.07) is 17.9. The highest BCUT2D eigenvalue weighted by molar-refractivity contribution is 5.79. The lowest BCUT2D eigenvalue weighted by Gasteiger charge is -2.23. The maximum Gasteiger partial charge on any atom is 0.224 e. The van der Waals surface area contributed by atoms with Gasteiger partial charge in [-0.25, -0.2) is 0 Å². The Bertz CT molecular complexity index is 698. The van der Waals surface area contributed by atoms with E-state index < -0.39 is 0 Å². The smallest absolute Gasteiger partial charge is 0.224 e. The summed E-state index contributed by atoms with van der Waals surface area (Å²) in [7, 11) is 4.03. The van der Waals surface area contributed by atoms with Gasteiger partial charge in [-0.15, -0.1) is 0 Å². The summed E-state index contributed by atoms with van der Waals surface area (Å²) in [6.07, 6.45) is 2.75. The Hall–Kier alpha value is -2.33. The van der Waals surface area contributed by atoms with Crippen molar-refractivity contribution in [2.24, 2.45) is 5.92 Å². The molecule has 0 aliphatic heterocycles. The fourth-order valence-electron chi connectivity index (χ4n) is 3.24. The third-order valence-electron chi connectivity index (χ3n) is 4.69. The molecule has 0 saturated carbocycles. The molecule has 0 aliphatic carbocycles. The third kappa shape index (κ3) is 7.73. The quantitative estimate of drug-likeness (QED) is 0.624. The number of carbonyl (C=O) groups is 1. The largest absolute Gasteiger partial charge is 0.493 e. The zero-order valence-electron chi connectivity index (χ0n) is 17.7. The van der Waals surface area contributed by atoms with Gasteiger partial charge in [-0.1, -0.05) is 62.7 Å². The van der Waals surface area contributed by atoms with Crippen LogP contribution in [0.25, 0.3) is 0 Å². The molecule has 0 fully saturated rings. The van der Waals surface area contributed by atoms with E-state index in [2.05, 4.69) is 36.2 Å². The van der Waals surface area contributed by atoms with Gasteiger partial charge in [0.05, 0.1) is 19.1 Å². The van der Waals surface area contributed by atoms with Crippen LogP contribution in [-0.4, -0.2) is 38.1 Å². The van der Waals surface area contributed by atoms with Crippen LogP contribution in [0, 0.1) is 5.92 Å². The van der Waals surface area contributed by atoms with E-state index in [1.807, 2.05) is 56.6 Å².